The van der Waals surface area contributed by atoms with Crippen LogP contribution in [0.25, 0.3) is 0 Å². The summed E-state index contributed by atoms with van der Waals surface area (Å²) >= 11 is 0. The molecule has 1 heterocycles. The van der Waals surface area contributed by atoms with Crippen molar-refractivity contribution in [2.45, 2.75) is 46.0 Å². The number of para-hydroxylation sites is 1. The summed E-state index contributed by atoms with van der Waals surface area (Å²) in [5.41, 5.74) is 1.04. The number of esters is 2. The Kier molecular flexibility index (Phi) is 7.64. The first-order valence-corrected chi connectivity index (χ1v) is 9.57. The molecule has 0 radical (unpaired) electrons. The third kappa shape index (κ3) is 4.88. The SMILES string of the molecule is CCCCCOC(=O)C1=C(C)N=C(C)C(C(=O)OC)C1c1ccccc1[N+](=O)[O-]. The highest BCUT2D eigenvalue weighted by molar-refractivity contribution is 6.07. The van der Waals surface area contributed by atoms with Crippen LogP contribution in [-0.2, 0) is 19.1 Å². The molecule has 0 aliphatic carbocycles. The lowest BCUT2D eigenvalue weighted by Crippen LogP contribution is -2.36. The van der Waals surface area contributed by atoms with Crippen LogP contribution in [0.3, 0.4) is 0 Å². The van der Waals surface area contributed by atoms with Crippen LogP contribution in [0, 0.1) is 16.0 Å². The van der Waals surface area contributed by atoms with Crippen LogP contribution in [0.5, 0.6) is 0 Å². The summed E-state index contributed by atoms with van der Waals surface area (Å²) in [5.74, 6) is -3.10. The Hall–Kier alpha value is -3.03. The van der Waals surface area contributed by atoms with E-state index >= 15 is 0 Å². The Morgan fingerprint density at radius 1 is 1.21 bits per heavy atom. The second-order valence-electron chi connectivity index (χ2n) is 6.89. The van der Waals surface area contributed by atoms with Gasteiger partial charge in [0.25, 0.3) is 5.69 Å². The monoisotopic (exact) mass is 402 g/mol. The van der Waals surface area contributed by atoms with Crippen molar-refractivity contribution in [2.75, 3.05) is 13.7 Å². The number of unbranched alkanes of at least 4 members (excludes halogenated alkanes) is 2. The number of carbonyl (C=O) groups is 2. The summed E-state index contributed by atoms with van der Waals surface area (Å²) in [6, 6.07) is 6.08. The molecule has 8 nitrogen and oxygen atoms in total. The van der Waals surface area contributed by atoms with Crippen molar-refractivity contribution in [1.82, 2.24) is 0 Å². The molecule has 0 saturated carbocycles. The van der Waals surface area contributed by atoms with Crippen molar-refractivity contribution in [3.63, 3.8) is 0 Å². The molecule has 1 aliphatic rings. The predicted molar refractivity (Wildman–Crippen MR) is 108 cm³/mol. The number of nitro groups is 1. The van der Waals surface area contributed by atoms with Crippen molar-refractivity contribution in [3.05, 3.63) is 51.2 Å². The van der Waals surface area contributed by atoms with Gasteiger partial charge < -0.3 is 9.47 Å². The summed E-state index contributed by atoms with van der Waals surface area (Å²) in [7, 11) is 1.24. The highest BCUT2D eigenvalue weighted by atomic mass is 16.6. The highest BCUT2D eigenvalue weighted by Gasteiger charge is 2.44. The van der Waals surface area contributed by atoms with Gasteiger partial charge in [-0.1, -0.05) is 38.0 Å². The zero-order valence-electron chi connectivity index (χ0n) is 17.1. The zero-order chi connectivity index (χ0) is 21.6. The van der Waals surface area contributed by atoms with Gasteiger partial charge >= 0.3 is 11.9 Å². The summed E-state index contributed by atoms with van der Waals surface area (Å²) in [6.45, 7) is 5.56. The summed E-state index contributed by atoms with van der Waals surface area (Å²) in [5, 5.41) is 11.6. The van der Waals surface area contributed by atoms with Gasteiger partial charge in [-0.15, -0.1) is 0 Å². The lowest BCUT2D eigenvalue weighted by molar-refractivity contribution is -0.385. The Morgan fingerprint density at radius 3 is 2.52 bits per heavy atom. The molecule has 156 valence electrons. The number of methoxy groups -OCH3 is 1. The second-order valence-corrected chi connectivity index (χ2v) is 6.89. The van der Waals surface area contributed by atoms with Gasteiger partial charge in [0.2, 0.25) is 0 Å². The molecule has 8 heteroatoms. The fourth-order valence-electron chi connectivity index (χ4n) is 3.58. The second kappa shape index (κ2) is 9.95. The molecule has 0 amide bonds. The predicted octanol–water partition coefficient (Wildman–Crippen LogP) is 3.95. The Morgan fingerprint density at radius 2 is 1.90 bits per heavy atom. The third-order valence-corrected chi connectivity index (χ3v) is 4.95. The van der Waals surface area contributed by atoms with Crippen molar-refractivity contribution in [2.24, 2.45) is 10.9 Å². The topological polar surface area (TPSA) is 108 Å². The van der Waals surface area contributed by atoms with Crippen LogP contribution in [0.15, 0.2) is 40.5 Å². The number of hydrogen-bond donors (Lipinski definition) is 0. The molecule has 2 atom stereocenters. The minimum absolute atomic E-state index is 0.150. The van der Waals surface area contributed by atoms with Gasteiger partial charge in [0.05, 0.1) is 24.2 Å². The fourth-order valence-corrected chi connectivity index (χ4v) is 3.58. The van der Waals surface area contributed by atoms with Crippen molar-refractivity contribution in [3.8, 4) is 0 Å². The Labute approximate surface area is 169 Å². The average molecular weight is 402 g/mol. The molecule has 0 saturated heterocycles. The lowest BCUT2D eigenvalue weighted by Gasteiger charge is -2.31. The molecule has 1 aromatic carbocycles. The quantitative estimate of drug-likeness (QED) is 0.282. The van der Waals surface area contributed by atoms with E-state index in [1.807, 2.05) is 6.92 Å². The molecule has 0 aromatic heterocycles. The van der Waals surface area contributed by atoms with E-state index in [0.29, 0.717) is 17.8 Å². The standard InChI is InChI=1S/C21H26N2O6/c1-5-6-9-12-29-21(25)18-14(3)22-13(2)17(20(24)28-4)19(18)15-10-7-8-11-16(15)23(26)27/h7-8,10-11,17,19H,5-6,9,12H2,1-4H3. The first-order valence-electron chi connectivity index (χ1n) is 9.57. The minimum Gasteiger partial charge on any atom is -0.468 e. The fraction of sp³-hybridized carbons (Fsp3) is 0.476. The number of nitrogens with zero attached hydrogens (tertiary/aromatic N) is 2. The minimum atomic E-state index is -0.956. The number of benzene rings is 1. The largest absolute Gasteiger partial charge is 0.468 e. The van der Waals surface area contributed by atoms with Gasteiger partial charge in [-0.2, -0.15) is 0 Å². The van der Waals surface area contributed by atoms with Crippen LogP contribution >= 0.6 is 0 Å². The molecule has 2 unspecified atom stereocenters. The van der Waals surface area contributed by atoms with Gasteiger partial charge in [-0.3, -0.25) is 19.9 Å². The van der Waals surface area contributed by atoms with E-state index in [1.165, 1.54) is 19.2 Å². The number of carbonyl (C=O) groups excluding carboxylic acids is 2. The van der Waals surface area contributed by atoms with E-state index in [1.54, 1.807) is 26.0 Å². The number of aliphatic imine (C=N–C) groups is 1. The van der Waals surface area contributed by atoms with E-state index in [0.717, 1.165) is 12.8 Å². The van der Waals surface area contributed by atoms with E-state index in [9.17, 15) is 19.7 Å². The molecule has 1 aromatic rings. The maximum atomic E-state index is 12.9. The maximum absolute atomic E-state index is 12.9. The van der Waals surface area contributed by atoms with Crippen molar-refractivity contribution >= 4 is 23.3 Å². The van der Waals surface area contributed by atoms with E-state index in [4.69, 9.17) is 9.47 Å². The molecule has 0 N–H and O–H groups in total. The third-order valence-electron chi connectivity index (χ3n) is 4.95. The summed E-state index contributed by atoms with van der Waals surface area (Å²) < 4.78 is 10.3. The molecule has 29 heavy (non-hydrogen) atoms. The van der Waals surface area contributed by atoms with E-state index in [-0.39, 0.29) is 23.4 Å². The van der Waals surface area contributed by atoms with Gasteiger partial charge in [0.1, 0.15) is 5.92 Å². The van der Waals surface area contributed by atoms with E-state index < -0.39 is 28.7 Å². The van der Waals surface area contributed by atoms with Crippen LogP contribution in [0.1, 0.15) is 51.5 Å². The number of allylic oxidation sites excluding steroid dienone is 1. The Bertz CT molecular complexity index is 858. The highest BCUT2D eigenvalue weighted by Crippen LogP contribution is 2.43. The number of nitro benzene ring substituents is 1. The molecule has 2 rings (SSSR count). The van der Waals surface area contributed by atoms with Gasteiger partial charge in [0, 0.05) is 29.0 Å². The van der Waals surface area contributed by atoms with Gasteiger partial charge in [0.15, 0.2) is 0 Å². The number of rotatable bonds is 8. The van der Waals surface area contributed by atoms with Crippen molar-refractivity contribution < 1.29 is 24.0 Å². The molecule has 0 fully saturated rings. The van der Waals surface area contributed by atoms with E-state index in [2.05, 4.69) is 4.99 Å². The Balaban J connectivity index is 2.58. The van der Waals surface area contributed by atoms with Crippen LogP contribution in [-0.4, -0.2) is 36.3 Å². The first-order chi connectivity index (χ1) is 13.8. The smallest absolute Gasteiger partial charge is 0.336 e. The summed E-state index contributed by atoms with van der Waals surface area (Å²) in [6.07, 6.45) is 2.61. The molecule has 0 bridgehead atoms. The number of hydrogen-bond acceptors (Lipinski definition) is 7. The lowest BCUT2D eigenvalue weighted by atomic mass is 9.75. The zero-order valence-corrected chi connectivity index (χ0v) is 17.1. The summed E-state index contributed by atoms with van der Waals surface area (Å²) in [4.78, 5) is 40.9. The van der Waals surface area contributed by atoms with Crippen LogP contribution in [0.4, 0.5) is 5.69 Å². The normalized spacial score (nSPS) is 18.8. The molecule has 0 spiro atoms. The van der Waals surface area contributed by atoms with Crippen LogP contribution < -0.4 is 0 Å². The number of ether oxygens (including phenoxy) is 2. The van der Waals surface area contributed by atoms with Gasteiger partial charge in [-0.05, 0) is 20.3 Å². The molecular formula is C21H26N2O6. The first kappa shape index (κ1) is 22.3. The maximum Gasteiger partial charge on any atom is 0.336 e. The van der Waals surface area contributed by atoms with Crippen LogP contribution in [0.2, 0.25) is 0 Å². The van der Waals surface area contributed by atoms with Crippen molar-refractivity contribution in [1.29, 1.82) is 0 Å². The average Bonchev–Trinajstić information content (AvgIpc) is 2.69. The van der Waals surface area contributed by atoms with Gasteiger partial charge in [-0.25, -0.2) is 4.79 Å². The molecule has 1 aliphatic heterocycles. The molecular weight excluding hydrogens is 376 g/mol.